The van der Waals surface area contributed by atoms with Crippen LogP contribution in [0.15, 0.2) is 36.4 Å². The first kappa shape index (κ1) is 28.8. The van der Waals surface area contributed by atoms with Gasteiger partial charge in [-0.2, -0.15) is 9.97 Å². The number of fused-ring (bicyclic) bond motifs is 3. The van der Waals surface area contributed by atoms with Crippen molar-refractivity contribution >= 4 is 22.3 Å². The lowest BCUT2D eigenvalue weighted by atomic mass is 9.95. The molecule has 8 heteroatoms. The number of nitrogens with zero attached hydrogens (tertiary/aromatic N) is 6. The van der Waals surface area contributed by atoms with Crippen LogP contribution in [0.2, 0.25) is 0 Å². The van der Waals surface area contributed by atoms with Crippen molar-refractivity contribution in [1.29, 1.82) is 0 Å². The Balaban J connectivity index is 1.14. The van der Waals surface area contributed by atoms with Crippen LogP contribution in [0.1, 0.15) is 85.4 Å². The number of hydrogen-bond acceptors (Lipinski definition) is 7. The van der Waals surface area contributed by atoms with E-state index in [1.165, 1.54) is 72.1 Å². The van der Waals surface area contributed by atoms with Crippen LogP contribution < -0.4 is 14.5 Å². The van der Waals surface area contributed by atoms with Crippen molar-refractivity contribution in [3.63, 3.8) is 0 Å². The molecule has 8 rings (SSSR count). The monoisotopic (exact) mass is 605 g/mol. The van der Waals surface area contributed by atoms with Gasteiger partial charge in [-0.1, -0.05) is 37.3 Å². The van der Waals surface area contributed by atoms with E-state index in [-0.39, 0.29) is 5.54 Å². The van der Waals surface area contributed by atoms with Gasteiger partial charge in [0.2, 0.25) is 0 Å². The number of piperidine rings is 1. The van der Waals surface area contributed by atoms with E-state index in [1.54, 1.807) is 0 Å². The highest BCUT2D eigenvalue weighted by atomic mass is 16.5. The molecular weight excluding hydrogens is 558 g/mol. The van der Waals surface area contributed by atoms with E-state index in [4.69, 9.17) is 19.7 Å². The van der Waals surface area contributed by atoms with Crippen LogP contribution in [0.5, 0.6) is 6.01 Å². The van der Waals surface area contributed by atoms with E-state index in [2.05, 4.69) is 76.9 Å². The second-order valence-corrected chi connectivity index (χ2v) is 13.9. The lowest BCUT2D eigenvalue weighted by Gasteiger charge is -2.37. The fourth-order valence-corrected chi connectivity index (χ4v) is 8.70. The van der Waals surface area contributed by atoms with Crippen molar-refractivity contribution in [2.45, 2.75) is 90.1 Å². The van der Waals surface area contributed by atoms with E-state index in [0.29, 0.717) is 18.5 Å². The Morgan fingerprint density at radius 3 is 2.53 bits per heavy atom. The van der Waals surface area contributed by atoms with E-state index < -0.39 is 0 Å². The predicted molar refractivity (Wildman–Crippen MR) is 181 cm³/mol. The first-order chi connectivity index (χ1) is 22.0. The van der Waals surface area contributed by atoms with Crippen molar-refractivity contribution in [2.24, 2.45) is 0 Å². The largest absolute Gasteiger partial charge is 0.461 e. The fourth-order valence-electron chi connectivity index (χ4n) is 8.70. The SMILES string of the molecule is CCc1cccc2cccc(N3CCc4c(nc(OCC56CCCN5CCC6)nc4N4CCCC(c5nc(C)c(C)[nH]5)C4)C3)c12. The number of nitrogens with one attached hydrogen (secondary N) is 1. The Morgan fingerprint density at radius 2 is 1.76 bits per heavy atom. The number of H-pyrrole nitrogens is 1. The molecule has 4 aliphatic heterocycles. The minimum absolute atomic E-state index is 0.163. The van der Waals surface area contributed by atoms with Gasteiger partial charge >= 0.3 is 6.01 Å². The van der Waals surface area contributed by atoms with Crippen molar-refractivity contribution in [3.8, 4) is 6.01 Å². The summed E-state index contributed by atoms with van der Waals surface area (Å²) in [5.74, 6) is 2.57. The maximum atomic E-state index is 6.64. The molecule has 0 bridgehead atoms. The fraction of sp³-hybridized carbons (Fsp3) is 0.541. The number of ether oxygens (including phenoxy) is 1. The van der Waals surface area contributed by atoms with Crippen LogP contribution >= 0.6 is 0 Å². The third-order valence-corrected chi connectivity index (χ3v) is 11.2. The Morgan fingerprint density at radius 1 is 0.933 bits per heavy atom. The van der Waals surface area contributed by atoms with Crippen molar-refractivity contribution in [1.82, 2.24) is 24.8 Å². The summed E-state index contributed by atoms with van der Waals surface area (Å²) in [4.78, 5) is 26.6. The number of aryl methyl sites for hydroxylation is 3. The van der Waals surface area contributed by atoms with Crippen molar-refractivity contribution < 1.29 is 4.74 Å². The molecule has 2 aromatic carbocycles. The molecule has 0 amide bonds. The Kier molecular flexibility index (Phi) is 7.43. The molecule has 1 N–H and O–H groups in total. The molecule has 3 fully saturated rings. The van der Waals surface area contributed by atoms with Crippen LogP contribution in [0.25, 0.3) is 10.8 Å². The number of benzene rings is 2. The van der Waals surface area contributed by atoms with Crippen LogP contribution in [-0.2, 0) is 19.4 Å². The van der Waals surface area contributed by atoms with Gasteiger partial charge in [0.1, 0.15) is 18.2 Å². The lowest BCUT2D eigenvalue weighted by molar-refractivity contribution is 0.107. The standard InChI is InChI=1S/C37H47N7O/c1-4-27-10-5-11-28-12-6-14-32(33(27)28)42-21-15-30-31(23-42)40-36(45-24-37-16-8-19-44(37)20-9-17-37)41-35(30)43-18-7-13-29(22-43)34-38-25(2)26(3)39-34/h5-6,10-12,14,29H,4,7-9,13,15-24H2,1-3H3,(H,38,39). The van der Waals surface area contributed by atoms with Gasteiger partial charge in [0.25, 0.3) is 0 Å². The molecule has 2 aromatic heterocycles. The number of imidazole rings is 1. The van der Waals surface area contributed by atoms with Gasteiger partial charge in [0, 0.05) is 47.9 Å². The number of rotatable bonds is 7. The van der Waals surface area contributed by atoms with Crippen LogP contribution in [-0.4, -0.2) is 69.7 Å². The summed E-state index contributed by atoms with van der Waals surface area (Å²) in [5.41, 5.74) is 7.56. The van der Waals surface area contributed by atoms with Crippen LogP contribution in [0.4, 0.5) is 11.5 Å². The molecule has 0 aliphatic carbocycles. The maximum Gasteiger partial charge on any atom is 0.318 e. The summed E-state index contributed by atoms with van der Waals surface area (Å²) in [5, 5.41) is 2.69. The molecule has 236 valence electrons. The minimum Gasteiger partial charge on any atom is -0.461 e. The first-order valence-corrected chi connectivity index (χ1v) is 17.3. The molecule has 1 unspecified atom stereocenters. The first-order valence-electron chi connectivity index (χ1n) is 17.3. The zero-order valence-corrected chi connectivity index (χ0v) is 27.2. The molecule has 0 spiro atoms. The van der Waals surface area contributed by atoms with Gasteiger partial charge in [0.05, 0.1) is 23.5 Å². The van der Waals surface area contributed by atoms with Gasteiger partial charge in [0.15, 0.2) is 0 Å². The molecule has 4 aromatic rings. The molecule has 1 atom stereocenters. The summed E-state index contributed by atoms with van der Waals surface area (Å²) < 4.78 is 6.64. The average molecular weight is 606 g/mol. The maximum absolute atomic E-state index is 6.64. The van der Waals surface area contributed by atoms with E-state index in [1.807, 2.05) is 0 Å². The molecule has 3 saturated heterocycles. The molecule has 6 heterocycles. The third-order valence-electron chi connectivity index (χ3n) is 11.2. The van der Waals surface area contributed by atoms with Crippen LogP contribution in [0, 0.1) is 13.8 Å². The number of aromatic nitrogens is 4. The number of aromatic amines is 1. The Labute approximate surface area is 267 Å². The normalized spacial score (nSPS) is 21.4. The summed E-state index contributed by atoms with van der Waals surface area (Å²) in [6.07, 6.45) is 9.18. The molecule has 0 radical (unpaired) electrons. The van der Waals surface area contributed by atoms with E-state index >= 15 is 0 Å². The van der Waals surface area contributed by atoms with Gasteiger partial charge in [-0.3, -0.25) is 4.90 Å². The minimum atomic E-state index is 0.163. The van der Waals surface area contributed by atoms with Crippen LogP contribution in [0.3, 0.4) is 0 Å². The third kappa shape index (κ3) is 5.15. The Bertz CT molecular complexity index is 1680. The summed E-state index contributed by atoms with van der Waals surface area (Å²) in [6.45, 7) is 13.2. The molecule has 8 nitrogen and oxygen atoms in total. The summed E-state index contributed by atoms with van der Waals surface area (Å²) in [7, 11) is 0. The lowest BCUT2D eigenvalue weighted by Crippen LogP contribution is -2.44. The van der Waals surface area contributed by atoms with Crippen molar-refractivity contribution in [3.05, 3.63) is 70.4 Å². The Hall–Kier alpha value is -3.65. The van der Waals surface area contributed by atoms with Gasteiger partial charge < -0.3 is 19.5 Å². The van der Waals surface area contributed by atoms with Gasteiger partial charge in [-0.05, 0) is 95.3 Å². The van der Waals surface area contributed by atoms with Gasteiger partial charge in [-0.25, -0.2) is 4.98 Å². The number of anilines is 2. The van der Waals surface area contributed by atoms with E-state index in [0.717, 1.165) is 74.9 Å². The van der Waals surface area contributed by atoms with Crippen molar-refractivity contribution in [2.75, 3.05) is 49.1 Å². The zero-order chi connectivity index (χ0) is 30.5. The smallest absolute Gasteiger partial charge is 0.318 e. The zero-order valence-electron chi connectivity index (χ0n) is 27.2. The quantitative estimate of drug-likeness (QED) is 0.258. The molecular formula is C37H47N7O. The second kappa shape index (κ2) is 11.6. The highest BCUT2D eigenvalue weighted by Gasteiger charge is 2.45. The van der Waals surface area contributed by atoms with E-state index in [9.17, 15) is 0 Å². The summed E-state index contributed by atoms with van der Waals surface area (Å²) in [6, 6.07) is 14.0. The predicted octanol–water partition coefficient (Wildman–Crippen LogP) is 6.49. The highest BCUT2D eigenvalue weighted by Crippen LogP contribution is 2.40. The van der Waals surface area contributed by atoms with Gasteiger partial charge in [-0.15, -0.1) is 0 Å². The molecule has 45 heavy (non-hydrogen) atoms. The topological polar surface area (TPSA) is 73.4 Å². The summed E-state index contributed by atoms with van der Waals surface area (Å²) >= 11 is 0. The number of hydrogen-bond donors (Lipinski definition) is 1. The highest BCUT2D eigenvalue weighted by molar-refractivity contribution is 5.97. The molecule has 4 aliphatic rings. The average Bonchev–Trinajstić information content (AvgIpc) is 3.76. The second-order valence-electron chi connectivity index (χ2n) is 13.9. The molecule has 0 saturated carbocycles.